The van der Waals surface area contributed by atoms with E-state index in [-0.39, 0.29) is 0 Å². The van der Waals surface area contributed by atoms with Gasteiger partial charge < -0.3 is 10.6 Å². The summed E-state index contributed by atoms with van der Waals surface area (Å²) in [7, 11) is 3.65. The van der Waals surface area contributed by atoms with Gasteiger partial charge in [-0.3, -0.25) is 4.99 Å². The Labute approximate surface area is 98.0 Å². The zero-order chi connectivity index (χ0) is 11.8. The highest BCUT2D eigenvalue weighted by molar-refractivity contribution is 5.79. The van der Waals surface area contributed by atoms with Crippen LogP contribution in [-0.2, 0) is 0 Å². The molecule has 1 aromatic carbocycles. The molecule has 1 unspecified atom stereocenters. The van der Waals surface area contributed by atoms with E-state index in [1.165, 1.54) is 5.56 Å². The molecule has 0 bridgehead atoms. The first kappa shape index (κ1) is 12.6. The minimum Gasteiger partial charge on any atom is -0.359 e. The van der Waals surface area contributed by atoms with Gasteiger partial charge in [-0.05, 0) is 12.0 Å². The van der Waals surface area contributed by atoms with Gasteiger partial charge in [-0.2, -0.15) is 0 Å². The molecule has 0 aliphatic carbocycles. The number of benzene rings is 1. The lowest BCUT2D eigenvalue weighted by atomic mass is 9.97. The zero-order valence-corrected chi connectivity index (χ0v) is 10.3. The van der Waals surface area contributed by atoms with Gasteiger partial charge >= 0.3 is 0 Å². The molecule has 0 aliphatic rings. The van der Waals surface area contributed by atoms with Gasteiger partial charge in [-0.1, -0.05) is 37.3 Å². The summed E-state index contributed by atoms with van der Waals surface area (Å²) in [4.78, 5) is 4.10. The molecule has 0 amide bonds. The van der Waals surface area contributed by atoms with E-state index < -0.39 is 0 Å². The second-order valence-corrected chi connectivity index (χ2v) is 3.72. The van der Waals surface area contributed by atoms with Crippen LogP contribution >= 0.6 is 0 Å². The summed E-state index contributed by atoms with van der Waals surface area (Å²) in [6.45, 7) is 3.12. The first-order valence-electron chi connectivity index (χ1n) is 5.75. The molecule has 16 heavy (non-hydrogen) atoms. The van der Waals surface area contributed by atoms with E-state index >= 15 is 0 Å². The van der Waals surface area contributed by atoms with Crippen molar-refractivity contribution in [2.75, 3.05) is 20.6 Å². The van der Waals surface area contributed by atoms with Gasteiger partial charge in [-0.15, -0.1) is 0 Å². The van der Waals surface area contributed by atoms with Gasteiger partial charge in [0.15, 0.2) is 5.96 Å². The molecule has 0 aromatic heterocycles. The van der Waals surface area contributed by atoms with E-state index in [1.807, 2.05) is 7.05 Å². The highest BCUT2D eigenvalue weighted by atomic mass is 15.1. The van der Waals surface area contributed by atoms with Gasteiger partial charge in [0.1, 0.15) is 0 Å². The lowest BCUT2D eigenvalue weighted by Crippen LogP contribution is -2.37. The Bertz CT molecular complexity index is 319. The first-order valence-corrected chi connectivity index (χ1v) is 5.75. The molecule has 0 fully saturated rings. The van der Waals surface area contributed by atoms with E-state index in [9.17, 15) is 0 Å². The van der Waals surface area contributed by atoms with Crippen molar-refractivity contribution < 1.29 is 0 Å². The average molecular weight is 219 g/mol. The van der Waals surface area contributed by atoms with Crippen molar-refractivity contribution in [3.8, 4) is 0 Å². The predicted molar refractivity (Wildman–Crippen MR) is 69.9 cm³/mol. The van der Waals surface area contributed by atoms with Crippen molar-refractivity contribution in [1.82, 2.24) is 10.6 Å². The Hall–Kier alpha value is -1.51. The summed E-state index contributed by atoms with van der Waals surface area (Å²) in [6.07, 6.45) is 1.12. The van der Waals surface area contributed by atoms with Crippen LogP contribution in [-0.4, -0.2) is 26.6 Å². The van der Waals surface area contributed by atoms with E-state index in [4.69, 9.17) is 0 Å². The molecule has 2 N–H and O–H groups in total. The molecule has 1 atom stereocenters. The molecule has 0 saturated carbocycles. The van der Waals surface area contributed by atoms with Crippen molar-refractivity contribution in [2.45, 2.75) is 19.3 Å². The molecule has 88 valence electrons. The molecule has 0 aliphatic heterocycles. The second kappa shape index (κ2) is 6.88. The molecule has 1 aromatic rings. The van der Waals surface area contributed by atoms with Crippen LogP contribution in [0.1, 0.15) is 24.8 Å². The number of hydrogen-bond donors (Lipinski definition) is 2. The number of guanidine groups is 1. The van der Waals surface area contributed by atoms with Crippen LogP contribution in [0.4, 0.5) is 0 Å². The number of hydrogen-bond acceptors (Lipinski definition) is 1. The van der Waals surface area contributed by atoms with Gasteiger partial charge in [0.25, 0.3) is 0 Å². The molecule has 3 nitrogen and oxygen atoms in total. The monoisotopic (exact) mass is 219 g/mol. The fourth-order valence-electron chi connectivity index (χ4n) is 1.72. The van der Waals surface area contributed by atoms with Gasteiger partial charge in [0.2, 0.25) is 0 Å². The molecule has 1 rings (SSSR count). The quantitative estimate of drug-likeness (QED) is 0.600. The minimum absolute atomic E-state index is 0.534. The summed E-state index contributed by atoms with van der Waals surface area (Å²) < 4.78 is 0. The van der Waals surface area contributed by atoms with Crippen LogP contribution in [0.2, 0.25) is 0 Å². The maximum atomic E-state index is 4.10. The van der Waals surface area contributed by atoms with Crippen LogP contribution in [0.15, 0.2) is 35.3 Å². The molecular formula is C13H21N3. The van der Waals surface area contributed by atoms with Gasteiger partial charge in [0.05, 0.1) is 0 Å². The van der Waals surface area contributed by atoms with Crippen molar-refractivity contribution in [3.05, 3.63) is 35.9 Å². The predicted octanol–water partition coefficient (Wildman–Crippen LogP) is 1.97. The van der Waals surface area contributed by atoms with Crippen molar-refractivity contribution in [1.29, 1.82) is 0 Å². The fourth-order valence-corrected chi connectivity index (χ4v) is 1.72. The molecule has 3 heteroatoms. The SMILES string of the molecule is CCC(CNC(=NC)NC)c1ccccc1. The maximum Gasteiger partial charge on any atom is 0.190 e. The lowest BCUT2D eigenvalue weighted by Gasteiger charge is -2.17. The molecule has 0 saturated heterocycles. The van der Waals surface area contributed by atoms with Crippen molar-refractivity contribution >= 4 is 5.96 Å². The summed E-state index contributed by atoms with van der Waals surface area (Å²) in [5.74, 6) is 1.38. The van der Waals surface area contributed by atoms with Gasteiger partial charge in [0, 0.05) is 26.6 Å². The van der Waals surface area contributed by atoms with Crippen LogP contribution in [0.3, 0.4) is 0 Å². The first-order chi connectivity index (χ1) is 7.81. The Morgan fingerprint density at radius 3 is 2.50 bits per heavy atom. The van der Waals surface area contributed by atoms with E-state index in [0.29, 0.717) is 5.92 Å². The zero-order valence-electron chi connectivity index (χ0n) is 10.3. The molecule has 0 heterocycles. The summed E-state index contributed by atoms with van der Waals surface area (Å²) in [6, 6.07) is 10.6. The third-order valence-corrected chi connectivity index (χ3v) is 2.74. The highest BCUT2D eigenvalue weighted by Crippen LogP contribution is 2.17. The number of nitrogens with zero attached hydrogens (tertiary/aromatic N) is 1. The summed E-state index contributed by atoms with van der Waals surface area (Å²) in [5, 5.41) is 6.33. The maximum absolute atomic E-state index is 4.10. The Kier molecular flexibility index (Phi) is 5.40. The number of nitrogens with one attached hydrogen (secondary N) is 2. The number of rotatable bonds is 4. The minimum atomic E-state index is 0.534. The molecular weight excluding hydrogens is 198 g/mol. The second-order valence-electron chi connectivity index (χ2n) is 3.72. The van der Waals surface area contributed by atoms with E-state index in [0.717, 1.165) is 18.9 Å². The van der Waals surface area contributed by atoms with Gasteiger partial charge in [-0.25, -0.2) is 0 Å². The fraction of sp³-hybridized carbons (Fsp3) is 0.462. The van der Waals surface area contributed by atoms with Crippen LogP contribution in [0.5, 0.6) is 0 Å². The van der Waals surface area contributed by atoms with Crippen molar-refractivity contribution in [3.63, 3.8) is 0 Å². The standard InChI is InChI=1S/C13H21N3/c1-4-11(10-16-13(14-2)15-3)12-8-6-5-7-9-12/h5-9,11H,4,10H2,1-3H3,(H2,14,15,16). The smallest absolute Gasteiger partial charge is 0.190 e. The third kappa shape index (κ3) is 3.57. The topological polar surface area (TPSA) is 36.4 Å². The Balaban J connectivity index is 2.57. The molecule has 0 radical (unpaired) electrons. The third-order valence-electron chi connectivity index (χ3n) is 2.74. The van der Waals surface area contributed by atoms with E-state index in [2.05, 4.69) is 52.9 Å². The van der Waals surface area contributed by atoms with E-state index in [1.54, 1.807) is 7.05 Å². The van der Waals surface area contributed by atoms with Crippen LogP contribution in [0.25, 0.3) is 0 Å². The normalized spacial score (nSPS) is 13.3. The largest absolute Gasteiger partial charge is 0.359 e. The summed E-state index contributed by atoms with van der Waals surface area (Å²) >= 11 is 0. The lowest BCUT2D eigenvalue weighted by molar-refractivity contribution is 0.633. The number of aliphatic imine (C=N–C) groups is 1. The Morgan fingerprint density at radius 1 is 1.31 bits per heavy atom. The van der Waals surface area contributed by atoms with Crippen molar-refractivity contribution in [2.24, 2.45) is 4.99 Å². The Morgan fingerprint density at radius 2 is 2.00 bits per heavy atom. The average Bonchev–Trinajstić information content (AvgIpc) is 2.36. The van der Waals surface area contributed by atoms with Crippen LogP contribution < -0.4 is 10.6 Å². The van der Waals surface area contributed by atoms with Crippen LogP contribution in [0, 0.1) is 0 Å². The summed E-state index contributed by atoms with van der Waals surface area (Å²) in [5.41, 5.74) is 1.38. The molecule has 0 spiro atoms. The highest BCUT2D eigenvalue weighted by Gasteiger charge is 2.08.